The number of hydrogen-bond acceptors (Lipinski definition) is 4. The molecule has 0 saturated heterocycles. The minimum Gasteiger partial charge on any atom is -0.456 e. The van der Waals surface area contributed by atoms with E-state index in [4.69, 9.17) is 19.4 Å². The van der Waals surface area contributed by atoms with E-state index in [1.807, 2.05) is 30.3 Å². The minimum absolute atomic E-state index is 0.589. The second-order valence-corrected chi connectivity index (χ2v) is 16.0. The summed E-state index contributed by atoms with van der Waals surface area (Å²) < 4.78 is 8.77. The van der Waals surface area contributed by atoms with Crippen molar-refractivity contribution in [2.45, 2.75) is 0 Å². The molecular formula is C57H34N4O. The summed E-state index contributed by atoms with van der Waals surface area (Å²) >= 11 is 0. The first-order chi connectivity index (χ1) is 30.7. The van der Waals surface area contributed by atoms with Crippen LogP contribution in [0, 0.1) is 0 Å². The molecule has 0 saturated carbocycles. The van der Waals surface area contributed by atoms with Gasteiger partial charge in [0.1, 0.15) is 11.2 Å². The van der Waals surface area contributed by atoms with Gasteiger partial charge in [-0.15, -0.1) is 0 Å². The minimum atomic E-state index is 0.589. The number of para-hydroxylation sites is 2. The standard InChI is InChI=1S/C57H34N4O/c1-2-15-37-31-42(28-27-35(37)13-1)56-58-55(59-57(60-56)46-23-12-26-52-54(46)45-22-8-10-25-51(45)62-52)41-19-11-18-40(32-41)43-20-7-9-24-48(43)61-49-30-29-36-14-5-6-21-44(36)53(49)47-33-38-16-3-4-17-39(38)34-50(47)61/h1-34H. The molecule has 0 amide bonds. The van der Waals surface area contributed by atoms with E-state index in [1.165, 1.54) is 43.4 Å². The van der Waals surface area contributed by atoms with Crippen molar-refractivity contribution in [3.05, 3.63) is 206 Å². The van der Waals surface area contributed by atoms with Gasteiger partial charge in [-0.25, -0.2) is 15.0 Å². The Morgan fingerprint density at radius 2 is 0.919 bits per heavy atom. The number of furan rings is 1. The Morgan fingerprint density at radius 3 is 1.77 bits per heavy atom. The van der Waals surface area contributed by atoms with Crippen molar-refractivity contribution in [2.24, 2.45) is 0 Å². The summed E-state index contributed by atoms with van der Waals surface area (Å²) in [5.41, 5.74) is 9.94. The highest BCUT2D eigenvalue weighted by Crippen LogP contribution is 2.42. The molecular weight excluding hydrogens is 757 g/mol. The zero-order chi connectivity index (χ0) is 40.7. The fourth-order valence-electron chi connectivity index (χ4n) is 9.51. The van der Waals surface area contributed by atoms with Crippen molar-refractivity contribution < 1.29 is 4.42 Å². The Balaban J connectivity index is 1.03. The molecule has 5 heteroatoms. The maximum absolute atomic E-state index is 6.32. The summed E-state index contributed by atoms with van der Waals surface area (Å²) in [7, 11) is 0. The van der Waals surface area contributed by atoms with Gasteiger partial charge in [0.25, 0.3) is 0 Å². The topological polar surface area (TPSA) is 56.7 Å². The van der Waals surface area contributed by atoms with E-state index in [1.54, 1.807) is 0 Å². The lowest BCUT2D eigenvalue weighted by atomic mass is 10.00. The van der Waals surface area contributed by atoms with Crippen LogP contribution in [0.3, 0.4) is 0 Å². The molecule has 13 aromatic rings. The van der Waals surface area contributed by atoms with E-state index < -0.39 is 0 Å². The Hall–Kier alpha value is -8.41. The molecule has 5 nitrogen and oxygen atoms in total. The molecule has 0 N–H and O–H groups in total. The van der Waals surface area contributed by atoms with Crippen molar-refractivity contribution in [2.75, 3.05) is 0 Å². The van der Waals surface area contributed by atoms with Gasteiger partial charge in [0.05, 0.1) is 16.7 Å². The largest absolute Gasteiger partial charge is 0.456 e. The first kappa shape index (κ1) is 34.5. The van der Waals surface area contributed by atoms with Crippen LogP contribution in [0.2, 0.25) is 0 Å². The van der Waals surface area contributed by atoms with Crippen LogP contribution in [0.15, 0.2) is 211 Å². The van der Waals surface area contributed by atoms with Crippen LogP contribution < -0.4 is 0 Å². The molecule has 0 aliphatic heterocycles. The third kappa shape index (κ3) is 5.38. The molecule has 3 aromatic heterocycles. The molecule has 0 radical (unpaired) electrons. The lowest BCUT2D eigenvalue weighted by Gasteiger charge is -2.15. The van der Waals surface area contributed by atoms with Crippen molar-refractivity contribution in [1.82, 2.24) is 19.5 Å². The highest BCUT2D eigenvalue weighted by atomic mass is 16.3. The van der Waals surface area contributed by atoms with E-state index >= 15 is 0 Å². The molecule has 0 atom stereocenters. The molecule has 3 heterocycles. The van der Waals surface area contributed by atoms with Crippen molar-refractivity contribution in [3.63, 3.8) is 0 Å². The number of benzene rings is 10. The maximum atomic E-state index is 6.32. The van der Waals surface area contributed by atoms with Gasteiger partial charge in [0.2, 0.25) is 0 Å². The van der Waals surface area contributed by atoms with E-state index in [0.717, 1.165) is 66.2 Å². The van der Waals surface area contributed by atoms with Gasteiger partial charge < -0.3 is 8.98 Å². The molecule has 0 bridgehead atoms. The fourth-order valence-corrected chi connectivity index (χ4v) is 9.51. The highest BCUT2D eigenvalue weighted by molar-refractivity contribution is 6.23. The molecule has 0 spiro atoms. The summed E-state index contributed by atoms with van der Waals surface area (Å²) in [5, 5.41) is 11.7. The van der Waals surface area contributed by atoms with Crippen LogP contribution in [0.1, 0.15) is 0 Å². The van der Waals surface area contributed by atoms with Crippen molar-refractivity contribution >= 4 is 76.1 Å². The summed E-state index contributed by atoms with van der Waals surface area (Å²) in [5.74, 6) is 1.79. The Labute approximate surface area is 355 Å². The van der Waals surface area contributed by atoms with E-state index in [-0.39, 0.29) is 0 Å². The quantitative estimate of drug-likeness (QED) is 0.174. The maximum Gasteiger partial charge on any atom is 0.164 e. The number of rotatable bonds is 5. The van der Waals surface area contributed by atoms with Crippen LogP contribution >= 0.6 is 0 Å². The smallest absolute Gasteiger partial charge is 0.164 e. The molecule has 13 rings (SSSR count). The zero-order valence-electron chi connectivity index (χ0n) is 33.3. The monoisotopic (exact) mass is 790 g/mol. The molecule has 0 unspecified atom stereocenters. The van der Waals surface area contributed by atoms with Gasteiger partial charge in [-0.3, -0.25) is 0 Å². The predicted octanol–water partition coefficient (Wildman–Crippen LogP) is 15.0. The van der Waals surface area contributed by atoms with E-state index in [9.17, 15) is 0 Å². The van der Waals surface area contributed by atoms with Gasteiger partial charge in [0.15, 0.2) is 17.5 Å². The number of nitrogens with zero attached hydrogens (tertiary/aromatic N) is 4. The highest BCUT2D eigenvalue weighted by Gasteiger charge is 2.21. The lowest BCUT2D eigenvalue weighted by molar-refractivity contribution is 0.669. The fraction of sp³-hybridized carbons (Fsp3) is 0. The average Bonchev–Trinajstić information content (AvgIpc) is 3.88. The van der Waals surface area contributed by atoms with Gasteiger partial charge in [0, 0.05) is 43.8 Å². The summed E-state index contributed by atoms with van der Waals surface area (Å²) in [6, 6.07) is 72.9. The third-order valence-corrected chi connectivity index (χ3v) is 12.4. The number of hydrogen-bond donors (Lipinski definition) is 0. The summed E-state index contributed by atoms with van der Waals surface area (Å²) in [4.78, 5) is 15.7. The third-order valence-electron chi connectivity index (χ3n) is 12.4. The van der Waals surface area contributed by atoms with E-state index in [2.05, 4.69) is 180 Å². The normalized spacial score (nSPS) is 11.9. The Bertz CT molecular complexity index is 3950. The zero-order valence-corrected chi connectivity index (χ0v) is 33.3. The second-order valence-electron chi connectivity index (χ2n) is 16.0. The first-order valence-corrected chi connectivity index (χ1v) is 20.9. The second kappa shape index (κ2) is 13.6. The average molecular weight is 791 g/mol. The first-order valence-electron chi connectivity index (χ1n) is 20.9. The number of fused-ring (bicyclic) bond motifs is 10. The van der Waals surface area contributed by atoms with Gasteiger partial charge >= 0.3 is 0 Å². The van der Waals surface area contributed by atoms with E-state index in [0.29, 0.717) is 17.5 Å². The van der Waals surface area contributed by atoms with Crippen LogP contribution in [0.5, 0.6) is 0 Å². The molecule has 0 aliphatic rings. The van der Waals surface area contributed by atoms with Crippen LogP contribution in [-0.4, -0.2) is 19.5 Å². The molecule has 10 aromatic carbocycles. The molecule has 0 aliphatic carbocycles. The van der Waals surface area contributed by atoms with Gasteiger partial charge in [-0.2, -0.15) is 0 Å². The summed E-state index contributed by atoms with van der Waals surface area (Å²) in [6.07, 6.45) is 0. The lowest BCUT2D eigenvalue weighted by Crippen LogP contribution is -2.01. The SMILES string of the molecule is c1cc(-c2nc(-c3ccc4ccccc4c3)nc(-c3cccc4oc5ccccc5c34)n2)cc(-c2ccccc2-n2c3cc4ccccc4cc3c3c4ccccc4ccc32)c1. The van der Waals surface area contributed by atoms with Crippen molar-refractivity contribution in [1.29, 1.82) is 0 Å². The van der Waals surface area contributed by atoms with Crippen LogP contribution in [0.4, 0.5) is 0 Å². The van der Waals surface area contributed by atoms with Gasteiger partial charge in [-0.1, -0.05) is 158 Å². The predicted molar refractivity (Wildman–Crippen MR) is 256 cm³/mol. The molecule has 288 valence electrons. The summed E-state index contributed by atoms with van der Waals surface area (Å²) in [6.45, 7) is 0. The number of aromatic nitrogens is 4. The van der Waals surface area contributed by atoms with Crippen LogP contribution in [-0.2, 0) is 0 Å². The van der Waals surface area contributed by atoms with Gasteiger partial charge in [-0.05, 0) is 86.4 Å². The molecule has 62 heavy (non-hydrogen) atoms. The Kier molecular flexibility index (Phi) is 7.54. The Morgan fingerprint density at radius 1 is 0.323 bits per heavy atom. The van der Waals surface area contributed by atoms with Crippen molar-refractivity contribution in [3.8, 4) is 51.0 Å². The van der Waals surface area contributed by atoms with Crippen LogP contribution in [0.25, 0.3) is 127 Å². The molecule has 0 fully saturated rings.